The van der Waals surface area contributed by atoms with Crippen LogP contribution in [0, 0.1) is 11.6 Å². The van der Waals surface area contributed by atoms with E-state index < -0.39 is 35.3 Å². The monoisotopic (exact) mass is 1010 g/mol. The molecule has 0 saturated carbocycles. The summed E-state index contributed by atoms with van der Waals surface area (Å²) in [5.74, 6) is -2.37. The van der Waals surface area contributed by atoms with Crippen molar-refractivity contribution < 1.29 is 59.0 Å². The third kappa shape index (κ3) is 13.6. The van der Waals surface area contributed by atoms with E-state index in [2.05, 4.69) is 24.6 Å². The molecule has 4 unspecified atom stereocenters. The Morgan fingerprint density at radius 2 is 1.00 bits per heavy atom. The van der Waals surface area contributed by atoms with Gasteiger partial charge in [0.1, 0.15) is 23.1 Å². The van der Waals surface area contributed by atoms with E-state index in [4.69, 9.17) is 34.7 Å². The number of fused-ring (bicyclic) bond motifs is 4. The number of rotatable bonds is 11. The number of anilines is 2. The Morgan fingerprint density at radius 1 is 0.623 bits per heavy atom. The average molecular weight is 1010 g/mol. The smallest absolute Gasteiger partial charge is 0.404 e. The molecular weight excluding hydrogens is 965 g/mol. The fourth-order valence-corrected chi connectivity index (χ4v) is 9.64. The van der Waals surface area contributed by atoms with Gasteiger partial charge in [-0.25, -0.2) is 13.6 Å². The van der Waals surface area contributed by atoms with Crippen molar-refractivity contribution in [2.24, 2.45) is 5.73 Å². The summed E-state index contributed by atoms with van der Waals surface area (Å²) in [4.78, 5) is 45.4. The van der Waals surface area contributed by atoms with Crippen LogP contribution in [0.15, 0.2) is 84.9 Å². The fourth-order valence-electron chi connectivity index (χ4n) is 9.23. The lowest BCUT2D eigenvalue weighted by Crippen LogP contribution is -2.55. The SMILES string of the molecule is NC(=O)Nc1cc(Cl)c(OC(F)(F)F)cc1/C=C/C(=O)N1C2CCC1CN(Cc1ccc(F)cc1)C2.Nc1cc(Cl)c(OC(F)(F)F)cc1/C=C/C(=O)N1C2CCC1CN(Cc1ccc(F)cc1)C2. The first-order valence-electron chi connectivity index (χ1n) is 21.5. The van der Waals surface area contributed by atoms with E-state index in [0.717, 1.165) is 61.1 Å². The lowest BCUT2D eigenvalue weighted by molar-refractivity contribution is -0.275. The zero-order valence-corrected chi connectivity index (χ0v) is 37.9. The lowest BCUT2D eigenvalue weighted by Gasteiger charge is -2.40. The summed E-state index contributed by atoms with van der Waals surface area (Å²) in [6.07, 6.45) is -1.26. The number of nitrogens with zero attached hydrogens (tertiary/aromatic N) is 4. The molecule has 4 atom stereocenters. The molecule has 4 saturated heterocycles. The van der Waals surface area contributed by atoms with Crippen LogP contribution >= 0.6 is 23.2 Å². The number of hydrogen-bond donors (Lipinski definition) is 3. The summed E-state index contributed by atoms with van der Waals surface area (Å²) >= 11 is 11.7. The summed E-state index contributed by atoms with van der Waals surface area (Å²) in [6.45, 7) is 3.99. The Bertz CT molecular complexity index is 2560. The van der Waals surface area contributed by atoms with Gasteiger partial charge in [0.05, 0.1) is 15.7 Å². The number of likely N-dealkylation sites (tertiary alicyclic amines) is 2. The highest BCUT2D eigenvalue weighted by Gasteiger charge is 2.43. The molecule has 0 radical (unpaired) electrons. The highest BCUT2D eigenvalue weighted by molar-refractivity contribution is 6.33. The second kappa shape index (κ2) is 21.3. The van der Waals surface area contributed by atoms with E-state index in [1.54, 1.807) is 29.2 Å². The third-order valence-corrected chi connectivity index (χ3v) is 12.6. The van der Waals surface area contributed by atoms with Gasteiger partial charge in [-0.05, 0) is 97.5 Å². The second-order valence-corrected chi connectivity index (χ2v) is 17.7. The number of urea groups is 1. The Hall–Kier alpha value is -6.09. The number of amides is 4. The van der Waals surface area contributed by atoms with Crippen LogP contribution in [0.3, 0.4) is 0 Å². The van der Waals surface area contributed by atoms with E-state index >= 15 is 0 Å². The quantitative estimate of drug-likeness (QED) is 0.0766. The van der Waals surface area contributed by atoms with Crippen molar-refractivity contribution in [1.29, 1.82) is 0 Å². The van der Waals surface area contributed by atoms with Crippen LogP contribution < -0.4 is 26.3 Å². The molecule has 4 aliphatic rings. The molecule has 0 aliphatic carbocycles. The molecule has 0 spiro atoms. The van der Waals surface area contributed by atoms with E-state index in [0.29, 0.717) is 39.3 Å². The summed E-state index contributed by atoms with van der Waals surface area (Å²) in [7, 11) is 0. The molecule has 4 aromatic carbocycles. The number of piperazine rings is 2. The Balaban J connectivity index is 0.000000205. The van der Waals surface area contributed by atoms with Crippen molar-refractivity contribution in [1.82, 2.24) is 19.6 Å². The number of nitrogen functional groups attached to an aromatic ring is 1. The minimum Gasteiger partial charge on any atom is -0.404 e. The fraction of sp³-hybridized carbons (Fsp3) is 0.340. The number of halogens is 10. The topological polar surface area (TPSA) is 147 Å². The minimum absolute atomic E-state index is 0.0261. The Morgan fingerprint density at radius 3 is 1.39 bits per heavy atom. The molecule has 12 nitrogen and oxygen atoms in total. The molecule has 4 aliphatic heterocycles. The predicted molar refractivity (Wildman–Crippen MR) is 243 cm³/mol. The van der Waals surface area contributed by atoms with Crippen molar-refractivity contribution in [3.05, 3.63) is 129 Å². The highest BCUT2D eigenvalue weighted by atomic mass is 35.5. The largest absolute Gasteiger partial charge is 0.573 e. The molecule has 8 rings (SSSR count). The number of primary amides is 1. The van der Waals surface area contributed by atoms with Crippen molar-refractivity contribution in [3.8, 4) is 11.5 Å². The van der Waals surface area contributed by atoms with Gasteiger partial charge in [0.15, 0.2) is 0 Å². The molecule has 5 N–H and O–H groups in total. The van der Waals surface area contributed by atoms with Gasteiger partial charge in [0.2, 0.25) is 11.8 Å². The summed E-state index contributed by atoms with van der Waals surface area (Å²) in [6, 6.07) is 16.0. The number of carbonyl (C=O) groups excluding carboxylic acids is 3. The number of nitrogens with one attached hydrogen (secondary N) is 1. The zero-order chi connectivity index (χ0) is 49.8. The van der Waals surface area contributed by atoms with Crippen LogP contribution in [0.4, 0.5) is 51.3 Å². The maximum absolute atomic E-state index is 13.2. The number of hydrogen-bond acceptors (Lipinski definition) is 8. The number of carbonyl (C=O) groups is 3. The average Bonchev–Trinajstić information content (AvgIpc) is 3.70. The van der Waals surface area contributed by atoms with Gasteiger partial charge in [-0.1, -0.05) is 47.5 Å². The van der Waals surface area contributed by atoms with Crippen molar-refractivity contribution in [2.45, 2.75) is 75.7 Å². The van der Waals surface area contributed by atoms with E-state index in [1.165, 1.54) is 48.6 Å². The highest BCUT2D eigenvalue weighted by Crippen LogP contribution is 2.38. The van der Waals surface area contributed by atoms with Crippen LogP contribution in [0.2, 0.25) is 10.0 Å². The van der Waals surface area contributed by atoms with Gasteiger partial charge in [-0.3, -0.25) is 19.4 Å². The third-order valence-electron chi connectivity index (χ3n) is 12.0. The standard InChI is InChI=1S/C24H23ClF4N4O3.C23H22ClF4N3O2/c25-19-10-20(31-23(30)35)15(9-21(19)36-24(27,28)29)3-8-22(34)33-17-6-7-18(33)13-32(12-17)11-14-1-4-16(26)5-2-14;24-19-10-20(29)15(9-21(19)33-23(26,27)28)3-8-22(32)31-17-6-7-18(31)13-30(12-17)11-14-1-4-16(25)5-2-14/h1-5,8-10,17-18H,6-7,11-13H2,(H3,30,31,35);1-5,8-10,17-18H,6-7,11-13,29H2/b2*8-3+. The van der Waals surface area contributed by atoms with Crippen LogP contribution in [-0.4, -0.2) is 101 Å². The summed E-state index contributed by atoms with van der Waals surface area (Å²) < 4.78 is 110. The van der Waals surface area contributed by atoms with Crippen LogP contribution in [-0.2, 0) is 22.7 Å². The molecular formula is C47H45Cl2F8N7O5. The minimum atomic E-state index is -4.98. The molecule has 4 bridgehead atoms. The maximum atomic E-state index is 13.2. The van der Waals surface area contributed by atoms with Gasteiger partial charge in [0.25, 0.3) is 0 Å². The molecule has 368 valence electrons. The number of benzene rings is 4. The van der Waals surface area contributed by atoms with E-state index in [-0.39, 0.29) is 75.1 Å². The summed E-state index contributed by atoms with van der Waals surface area (Å²) in [5, 5.41) is 1.61. The number of alkyl halides is 6. The second-order valence-electron chi connectivity index (χ2n) is 16.9. The van der Waals surface area contributed by atoms with Gasteiger partial charge in [-0.2, -0.15) is 0 Å². The number of nitrogens with two attached hydrogens (primary N) is 2. The first-order chi connectivity index (χ1) is 32.6. The molecule has 4 amide bonds. The van der Waals surface area contributed by atoms with E-state index in [1.807, 2.05) is 4.90 Å². The molecule has 69 heavy (non-hydrogen) atoms. The Labute approximate surface area is 401 Å². The zero-order valence-electron chi connectivity index (χ0n) is 36.4. The number of ether oxygens (including phenoxy) is 2. The van der Waals surface area contributed by atoms with E-state index in [9.17, 15) is 49.5 Å². The molecule has 4 aromatic rings. The lowest BCUT2D eigenvalue weighted by atomic mass is 10.1. The van der Waals surface area contributed by atoms with Gasteiger partial charge in [0, 0.05) is 92.4 Å². The first kappa shape index (κ1) is 50.8. The van der Waals surface area contributed by atoms with Gasteiger partial charge >= 0.3 is 18.8 Å². The van der Waals surface area contributed by atoms with Crippen molar-refractivity contribution >= 4 is 64.6 Å². The summed E-state index contributed by atoms with van der Waals surface area (Å²) in [5.41, 5.74) is 13.4. The molecule has 0 aromatic heterocycles. The van der Waals surface area contributed by atoms with Crippen LogP contribution in [0.1, 0.15) is 47.9 Å². The van der Waals surface area contributed by atoms with Crippen LogP contribution in [0.5, 0.6) is 11.5 Å². The normalized spacial score (nSPS) is 20.6. The molecule has 4 fully saturated rings. The molecule has 22 heteroatoms. The van der Waals surface area contributed by atoms with Crippen LogP contribution in [0.25, 0.3) is 12.2 Å². The van der Waals surface area contributed by atoms with Crippen molar-refractivity contribution in [2.75, 3.05) is 37.2 Å². The predicted octanol–water partition coefficient (Wildman–Crippen LogP) is 9.61. The van der Waals surface area contributed by atoms with Crippen molar-refractivity contribution in [3.63, 3.8) is 0 Å². The maximum Gasteiger partial charge on any atom is 0.573 e. The Kier molecular flexibility index (Phi) is 15.7. The van der Waals surface area contributed by atoms with Gasteiger partial charge in [-0.15, -0.1) is 26.3 Å². The molecule has 4 heterocycles. The first-order valence-corrected chi connectivity index (χ1v) is 22.3. The van der Waals surface area contributed by atoms with Gasteiger partial charge < -0.3 is 36.1 Å².